The molecule has 0 aliphatic carbocycles. The normalized spacial score (nSPS) is 10.9. The van der Waals surface area contributed by atoms with E-state index in [-0.39, 0.29) is 0 Å². The number of fused-ring (bicyclic) bond motifs is 3. The monoisotopic (exact) mass is 347 g/mol. The second kappa shape index (κ2) is 6.59. The Hall–Kier alpha value is -4.22. The van der Waals surface area contributed by atoms with Crippen LogP contribution in [-0.2, 0) is 0 Å². The van der Waals surface area contributed by atoms with E-state index in [1.807, 2.05) is 47.0 Å². The minimum atomic E-state index is 0.290. The molecule has 27 heavy (non-hydrogen) atoms. The molecule has 5 heteroatoms. The predicted molar refractivity (Wildman–Crippen MR) is 106 cm³/mol. The minimum absolute atomic E-state index is 0.290. The number of aromatic nitrogens is 1. The fraction of sp³-hybridized carbons (Fsp3) is 0. The molecule has 0 fully saturated rings. The van der Waals surface area contributed by atoms with Crippen molar-refractivity contribution in [1.29, 1.82) is 10.5 Å². The van der Waals surface area contributed by atoms with Crippen LogP contribution in [0.4, 0.5) is 11.4 Å². The van der Waals surface area contributed by atoms with Gasteiger partial charge in [0.2, 0.25) is 0 Å². The maximum Gasteiger partial charge on any atom is 0.101 e. The van der Waals surface area contributed by atoms with Gasteiger partial charge in [-0.1, -0.05) is 24.8 Å². The van der Waals surface area contributed by atoms with E-state index in [1.165, 1.54) is 0 Å². The van der Waals surface area contributed by atoms with Gasteiger partial charge in [0.05, 0.1) is 33.5 Å². The van der Waals surface area contributed by atoms with Gasteiger partial charge in [-0.2, -0.15) is 20.8 Å². The lowest BCUT2D eigenvalue weighted by Gasteiger charge is -1.99. The second-order valence-electron chi connectivity index (χ2n) is 5.92. The van der Waals surface area contributed by atoms with Crippen LogP contribution in [0.25, 0.3) is 28.0 Å². The molecule has 5 nitrogen and oxygen atoms in total. The van der Waals surface area contributed by atoms with Crippen LogP contribution >= 0.6 is 0 Å². The van der Waals surface area contributed by atoms with Crippen molar-refractivity contribution in [2.24, 2.45) is 10.2 Å². The van der Waals surface area contributed by atoms with Crippen LogP contribution in [0.5, 0.6) is 0 Å². The molecule has 0 saturated heterocycles. The van der Waals surface area contributed by atoms with Gasteiger partial charge in [-0.3, -0.25) is 0 Å². The molecule has 3 aromatic carbocycles. The van der Waals surface area contributed by atoms with Gasteiger partial charge in [0.1, 0.15) is 12.1 Å². The molecule has 126 valence electrons. The highest BCUT2D eigenvalue weighted by Crippen LogP contribution is 2.32. The summed E-state index contributed by atoms with van der Waals surface area (Å²) < 4.78 is 2.05. The first kappa shape index (κ1) is 16.3. The highest BCUT2D eigenvalue weighted by molar-refractivity contribution is 6.10. The zero-order chi connectivity index (χ0) is 18.8. The zero-order valence-corrected chi connectivity index (χ0v) is 14.3. The van der Waals surface area contributed by atoms with Crippen molar-refractivity contribution in [2.75, 3.05) is 0 Å². The van der Waals surface area contributed by atoms with Gasteiger partial charge in [0, 0.05) is 17.0 Å². The average Bonchev–Trinajstić information content (AvgIpc) is 3.05. The van der Waals surface area contributed by atoms with E-state index >= 15 is 0 Å². The molecule has 0 N–H and O–H groups in total. The topological polar surface area (TPSA) is 77.2 Å². The van der Waals surface area contributed by atoms with Crippen molar-refractivity contribution in [3.63, 3.8) is 0 Å². The van der Waals surface area contributed by atoms with E-state index in [4.69, 9.17) is 10.5 Å². The van der Waals surface area contributed by atoms with Crippen molar-refractivity contribution in [1.82, 2.24) is 4.57 Å². The van der Waals surface area contributed by atoms with Crippen LogP contribution < -0.4 is 0 Å². The van der Waals surface area contributed by atoms with Crippen LogP contribution in [0, 0.1) is 22.7 Å². The van der Waals surface area contributed by atoms with Crippen molar-refractivity contribution >= 4 is 39.4 Å². The van der Waals surface area contributed by atoms with Gasteiger partial charge < -0.3 is 4.57 Å². The van der Waals surface area contributed by atoms with E-state index < -0.39 is 0 Å². The molecule has 0 aliphatic heterocycles. The molecule has 0 unspecified atom stereocenters. The molecule has 0 radical (unpaired) electrons. The van der Waals surface area contributed by atoms with Crippen molar-refractivity contribution in [3.05, 3.63) is 78.4 Å². The number of benzene rings is 3. The average molecular weight is 347 g/mol. The number of nitrogens with zero attached hydrogens (tertiary/aromatic N) is 5. The summed E-state index contributed by atoms with van der Waals surface area (Å²) in [5.41, 5.74) is 3.99. The minimum Gasteiger partial charge on any atom is -0.317 e. The molecule has 0 atom stereocenters. The van der Waals surface area contributed by atoms with Crippen LogP contribution in [0.2, 0.25) is 0 Å². The fourth-order valence-electron chi connectivity index (χ4n) is 3.15. The largest absolute Gasteiger partial charge is 0.317 e. The molecule has 0 saturated carbocycles. The molecule has 0 spiro atoms. The summed E-state index contributed by atoms with van der Waals surface area (Å²) >= 11 is 0. The Labute approximate surface area is 155 Å². The summed E-state index contributed by atoms with van der Waals surface area (Å²) in [6, 6.07) is 22.8. The number of rotatable bonds is 3. The van der Waals surface area contributed by atoms with Crippen LogP contribution in [-0.4, -0.2) is 4.57 Å². The van der Waals surface area contributed by atoms with Gasteiger partial charge in [0.25, 0.3) is 0 Å². The summed E-state index contributed by atoms with van der Waals surface area (Å²) in [4.78, 5) is 0. The third kappa shape index (κ3) is 2.74. The first-order valence-corrected chi connectivity index (χ1v) is 8.26. The summed E-state index contributed by atoms with van der Waals surface area (Å²) in [5.74, 6) is 0. The van der Waals surface area contributed by atoms with Gasteiger partial charge >= 0.3 is 0 Å². The number of para-hydroxylation sites is 1. The maximum absolute atomic E-state index is 9.12. The first-order valence-electron chi connectivity index (χ1n) is 8.26. The second-order valence-corrected chi connectivity index (χ2v) is 5.92. The molecule has 4 aromatic rings. The van der Waals surface area contributed by atoms with Crippen LogP contribution in [0.15, 0.2) is 77.5 Å². The third-order valence-electron chi connectivity index (χ3n) is 4.40. The van der Waals surface area contributed by atoms with E-state index in [2.05, 4.69) is 28.9 Å². The van der Waals surface area contributed by atoms with Gasteiger partial charge in [-0.15, -0.1) is 0 Å². The maximum atomic E-state index is 9.12. The van der Waals surface area contributed by atoms with Gasteiger partial charge in [-0.05, 0) is 42.5 Å². The SMILES string of the molecule is C=Cn1c2ccccc2c2cc(N=Nc3ccc(C#N)c(C#N)c3)ccc21. The standard InChI is InChI=1S/C22H13N5/c1-2-27-21-6-4-3-5-19(21)20-12-18(9-10-22(20)27)26-25-17-8-7-15(13-23)16(11-17)14-24/h2-12H,1H2. The van der Waals surface area contributed by atoms with Crippen LogP contribution in [0.3, 0.4) is 0 Å². The predicted octanol–water partition coefficient (Wildman–Crippen LogP) is 6.05. The van der Waals surface area contributed by atoms with E-state index in [1.54, 1.807) is 24.4 Å². The van der Waals surface area contributed by atoms with E-state index in [0.29, 0.717) is 22.5 Å². The van der Waals surface area contributed by atoms with Gasteiger partial charge in [-0.25, -0.2) is 0 Å². The Balaban J connectivity index is 1.78. The first-order chi connectivity index (χ1) is 13.2. The Morgan fingerprint density at radius 2 is 1.44 bits per heavy atom. The number of hydrogen-bond donors (Lipinski definition) is 0. The Morgan fingerprint density at radius 3 is 2.19 bits per heavy atom. The third-order valence-corrected chi connectivity index (χ3v) is 4.40. The lowest BCUT2D eigenvalue weighted by molar-refractivity contribution is 1.23. The molecule has 0 aliphatic rings. The summed E-state index contributed by atoms with van der Waals surface area (Å²) in [6.45, 7) is 3.90. The van der Waals surface area contributed by atoms with E-state index in [9.17, 15) is 0 Å². The number of nitriles is 2. The smallest absolute Gasteiger partial charge is 0.101 e. The zero-order valence-electron chi connectivity index (χ0n) is 14.3. The number of hydrogen-bond acceptors (Lipinski definition) is 4. The lowest BCUT2D eigenvalue weighted by atomic mass is 10.1. The van der Waals surface area contributed by atoms with Crippen LogP contribution in [0.1, 0.15) is 11.1 Å². The molecule has 4 rings (SSSR count). The van der Waals surface area contributed by atoms with Crippen molar-refractivity contribution in [2.45, 2.75) is 0 Å². The molecule has 1 heterocycles. The highest BCUT2D eigenvalue weighted by atomic mass is 15.1. The summed E-state index contributed by atoms with van der Waals surface area (Å²) in [7, 11) is 0. The Kier molecular flexibility index (Phi) is 3.97. The van der Waals surface area contributed by atoms with Crippen molar-refractivity contribution in [3.8, 4) is 12.1 Å². The summed E-state index contributed by atoms with van der Waals surface area (Å²) in [6.07, 6.45) is 1.80. The molecular formula is C22H13N5. The van der Waals surface area contributed by atoms with Gasteiger partial charge in [0.15, 0.2) is 0 Å². The lowest BCUT2D eigenvalue weighted by Crippen LogP contribution is -1.83. The molecule has 0 bridgehead atoms. The quantitative estimate of drug-likeness (QED) is 0.423. The van der Waals surface area contributed by atoms with Crippen molar-refractivity contribution < 1.29 is 0 Å². The Morgan fingerprint density at radius 1 is 0.778 bits per heavy atom. The fourth-order valence-corrected chi connectivity index (χ4v) is 3.15. The van der Waals surface area contributed by atoms with E-state index in [0.717, 1.165) is 21.8 Å². The number of azo groups is 1. The highest BCUT2D eigenvalue weighted by Gasteiger charge is 2.09. The molecule has 0 amide bonds. The Bertz CT molecular complexity index is 1310. The molecule has 1 aromatic heterocycles. The molecular weight excluding hydrogens is 334 g/mol. The summed E-state index contributed by atoms with van der Waals surface area (Å²) in [5, 5.41) is 28.8.